The summed E-state index contributed by atoms with van der Waals surface area (Å²) in [5, 5.41) is 15.2. The average molecular weight is 121 g/mol. The van der Waals surface area contributed by atoms with Gasteiger partial charge in [0.15, 0.2) is 0 Å². The van der Waals surface area contributed by atoms with Gasteiger partial charge in [0, 0.05) is 0 Å². The summed E-state index contributed by atoms with van der Waals surface area (Å²) in [7, 11) is 0. The van der Waals surface area contributed by atoms with Crippen molar-refractivity contribution in [3.63, 3.8) is 0 Å². The van der Waals surface area contributed by atoms with E-state index in [1.54, 1.807) is 0 Å². The van der Waals surface area contributed by atoms with E-state index in [-0.39, 0.29) is 0 Å². The third kappa shape index (κ3) is 2.91. The first-order valence-electron chi connectivity index (χ1n) is 1.51. The lowest BCUT2D eigenvalue weighted by Gasteiger charge is -1.91. The van der Waals surface area contributed by atoms with Crippen LogP contribution in [0.2, 0.25) is 0 Å². The van der Waals surface area contributed by atoms with Gasteiger partial charge < -0.3 is 9.84 Å². The SMILES string of the molecule is O=C(O)OC(=O)NO. The molecule has 1 amide bonds. The van der Waals surface area contributed by atoms with Crippen LogP contribution in [0.3, 0.4) is 0 Å². The van der Waals surface area contributed by atoms with E-state index < -0.39 is 12.2 Å². The minimum Gasteiger partial charge on any atom is -0.449 e. The fourth-order valence-electron chi connectivity index (χ4n) is 0.102. The maximum absolute atomic E-state index is 9.66. The Balaban J connectivity index is 3.40. The lowest BCUT2D eigenvalue weighted by molar-refractivity contribution is 0.0796. The smallest absolute Gasteiger partial charge is 0.449 e. The Bertz CT molecular complexity index is 109. The van der Waals surface area contributed by atoms with Gasteiger partial charge in [0.2, 0.25) is 0 Å². The summed E-state index contributed by atoms with van der Waals surface area (Å²) >= 11 is 0. The molecule has 0 spiro atoms. The molecule has 0 saturated heterocycles. The van der Waals surface area contributed by atoms with Crippen molar-refractivity contribution in [2.45, 2.75) is 0 Å². The Morgan fingerprint density at radius 3 is 2.12 bits per heavy atom. The number of hydroxylamine groups is 1. The Kier molecular flexibility index (Phi) is 2.35. The topological polar surface area (TPSA) is 95.9 Å². The van der Waals surface area contributed by atoms with Crippen molar-refractivity contribution in [1.82, 2.24) is 5.48 Å². The van der Waals surface area contributed by atoms with Crippen molar-refractivity contribution in [3.05, 3.63) is 0 Å². The zero-order chi connectivity index (χ0) is 6.57. The zero-order valence-electron chi connectivity index (χ0n) is 3.62. The van der Waals surface area contributed by atoms with Crippen LogP contribution in [0, 0.1) is 0 Å². The van der Waals surface area contributed by atoms with Crippen LogP contribution in [0.25, 0.3) is 0 Å². The Hall–Kier alpha value is -1.30. The van der Waals surface area contributed by atoms with Gasteiger partial charge in [-0.05, 0) is 0 Å². The normalized spacial score (nSPS) is 7.62. The first-order valence-corrected chi connectivity index (χ1v) is 1.51. The molecule has 0 unspecified atom stereocenters. The van der Waals surface area contributed by atoms with E-state index in [0.717, 1.165) is 5.48 Å². The molecule has 0 aromatic heterocycles. The molecule has 0 radical (unpaired) electrons. The van der Waals surface area contributed by atoms with Gasteiger partial charge in [-0.1, -0.05) is 0 Å². The number of carbonyl (C=O) groups is 2. The van der Waals surface area contributed by atoms with Gasteiger partial charge in [-0.3, -0.25) is 5.21 Å². The molecule has 0 aliphatic rings. The van der Waals surface area contributed by atoms with Crippen LogP contribution in [-0.4, -0.2) is 22.6 Å². The number of nitrogens with one attached hydrogen (secondary N) is 1. The summed E-state index contributed by atoms with van der Waals surface area (Å²) in [5.41, 5.74) is 0.954. The second-order valence-electron chi connectivity index (χ2n) is 0.767. The number of rotatable bonds is 0. The maximum atomic E-state index is 9.66. The molecule has 8 heavy (non-hydrogen) atoms. The maximum Gasteiger partial charge on any atom is 0.514 e. The van der Waals surface area contributed by atoms with Crippen LogP contribution >= 0.6 is 0 Å². The van der Waals surface area contributed by atoms with E-state index in [1.807, 2.05) is 0 Å². The number of hydrogen-bond acceptors (Lipinski definition) is 4. The second kappa shape index (κ2) is 2.80. The lowest BCUT2D eigenvalue weighted by Crippen LogP contribution is -2.22. The quantitative estimate of drug-likeness (QED) is 0.178. The van der Waals surface area contributed by atoms with Crippen LogP contribution in [0.4, 0.5) is 9.59 Å². The summed E-state index contributed by atoms with van der Waals surface area (Å²) in [6.07, 6.45) is -3.19. The van der Waals surface area contributed by atoms with Crippen molar-refractivity contribution >= 4 is 12.2 Å². The molecular weight excluding hydrogens is 118 g/mol. The summed E-state index contributed by atoms with van der Waals surface area (Å²) in [6.45, 7) is 0. The number of ether oxygens (including phenoxy) is 1. The van der Waals surface area contributed by atoms with Gasteiger partial charge in [0.25, 0.3) is 0 Å². The Morgan fingerprint density at radius 2 is 2.00 bits per heavy atom. The number of hydrogen-bond donors (Lipinski definition) is 3. The van der Waals surface area contributed by atoms with E-state index in [1.165, 1.54) is 0 Å². The van der Waals surface area contributed by atoms with Crippen molar-refractivity contribution in [1.29, 1.82) is 0 Å². The van der Waals surface area contributed by atoms with Gasteiger partial charge in [-0.25, -0.2) is 15.1 Å². The predicted molar refractivity (Wildman–Crippen MR) is 19.4 cm³/mol. The molecule has 6 nitrogen and oxygen atoms in total. The third-order valence-electron chi connectivity index (χ3n) is 0.271. The molecule has 0 rings (SSSR count). The van der Waals surface area contributed by atoms with Gasteiger partial charge in [0.05, 0.1) is 0 Å². The third-order valence-corrected chi connectivity index (χ3v) is 0.271. The highest BCUT2D eigenvalue weighted by Crippen LogP contribution is 1.74. The monoisotopic (exact) mass is 121 g/mol. The molecule has 0 fully saturated rings. The number of carbonyl (C=O) groups excluding carboxylic acids is 1. The van der Waals surface area contributed by atoms with Crippen LogP contribution in [0.15, 0.2) is 0 Å². The van der Waals surface area contributed by atoms with Crippen LogP contribution in [0.1, 0.15) is 0 Å². The van der Waals surface area contributed by atoms with Crippen molar-refractivity contribution < 1.29 is 24.6 Å². The Labute approximate surface area is 43.6 Å². The second-order valence-corrected chi connectivity index (χ2v) is 0.767. The molecule has 0 heterocycles. The van der Waals surface area contributed by atoms with Crippen molar-refractivity contribution in [3.8, 4) is 0 Å². The predicted octanol–water partition coefficient (Wildman–Crippen LogP) is -0.220. The molecule has 3 N–H and O–H groups in total. The van der Waals surface area contributed by atoms with Crippen LogP contribution < -0.4 is 5.48 Å². The highest BCUT2D eigenvalue weighted by atomic mass is 16.7. The highest BCUT2D eigenvalue weighted by Gasteiger charge is 2.03. The minimum absolute atomic E-state index is 0.954. The zero-order valence-corrected chi connectivity index (χ0v) is 3.62. The molecule has 46 valence electrons. The minimum atomic E-state index is -1.77. The van der Waals surface area contributed by atoms with E-state index in [0.29, 0.717) is 0 Å². The first kappa shape index (κ1) is 6.70. The van der Waals surface area contributed by atoms with Gasteiger partial charge >= 0.3 is 12.2 Å². The van der Waals surface area contributed by atoms with Gasteiger partial charge in [-0.15, -0.1) is 0 Å². The molecule has 0 aliphatic heterocycles. The van der Waals surface area contributed by atoms with Crippen molar-refractivity contribution in [2.75, 3.05) is 0 Å². The molecule has 0 aromatic carbocycles. The van der Waals surface area contributed by atoms with E-state index in [2.05, 4.69) is 4.74 Å². The number of carboxylic acid groups (broad SMARTS) is 1. The van der Waals surface area contributed by atoms with E-state index >= 15 is 0 Å². The molecule has 0 saturated carbocycles. The van der Waals surface area contributed by atoms with E-state index in [9.17, 15) is 9.59 Å². The summed E-state index contributed by atoms with van der Waals surface area (Å²) in [4.78, 5) is 19.0. The summed E-state index contributed by atoms with van der Waals surface area (Å²) in [5.74, 6) is 0. The molecule has 0 atom stereocenters. The fraction of sp³-hybridized carbons (Fsp3) is 0. The molecule has 6 heteroatoms. The largest absolute Gasteiger partial charge is 0.514 e. The van der Waals surface area contributed by atoms with E-state index in [4.69, 9.17) is 10.3 Å². The summed E-state index contributed by atoms with van der Waals surface area (Å²) in [6, 6.07) is 0. The average Bonchev–Trinajstić information content (AvgIpc) is 1.65. The fourth-order valence-corrected chi connectivity index (χ4v) is 0.102. The highest BCUT2D eigenvalue weighted by molar-refractivity contribution is 5.78. The molecule has 0 aliphatic carbocycles. The van der Waals surface area contributed by atoms with Crippen LogP contribution in [-0.2, 0) is 4.74 Å². The molecular formula is C2H3NO5. The molecule has 0 bridgehead atoms. The van der Waals surface area contributed by atoms with Crippen LogP contribution in [0.5, 0.6) is 0 Å². The lowest BCUT2D eigenvalue weighted by atomic mass is 11.2. The van der Waals surface area contributed by atoms with Gasteiger partial charge in [-0.2, -0.15) is 0 Å². The standard InChI is InChI=1S/C2H3NO5/c4-1(3-7)8-2(5)6/h7H,(H,3,4)(H,5,6). The summed E-state index contributed by atoms with van der Waals surface area (Å²) < 4.78 is 3.32. The van der Waals surface area contributed by atoms with Crippen molar-refractivity contribution in [2.24, 2.45) is 0 Å². The first-order chi connectivity index (χ1) is 3.66. The Morgan fingerprint density at radius 1 is 1.50 bits per heavy atom. The number of amides is 1. The van der Waals surface area contributed by atoms with Gasteiger partial charge in [0.1, 0.15) is 0 Å². The molecule has 0 aromatic rings.